The Morgan fingerprint density at radius 1 is 0.959 bits per heavy atom. The molecule has 2 aromatic heterocycles. The second-order valence-electron chi connectivity index (χ2n) is 13.8. The summed E-state index contributed by atoms with van der Waals surface area (Å²) in [4.78, 5) is 69.2. The van der Waals surface area contributed by atoms with E-state index in [-0.39, 0.29) is 60.6 Å². The first-order valence-corrected chi connectivity index (χ1v) is 17.8. The van der Waals surface area contributed by atoms with E-state index in [0.717, 1.165) is 13.1 Å². The summed E-state index contributed by atoms with van der Waals surface area (Å²) in [6.07, 6.45) is 0. The molecule has 2 aliphatic heterocycles. The molecular weight excluding hydrogens is 645 g/mol. The van der Waals surface area contributed by atoms with Crippen molar-refractivity contribution in [2.45, 2.75) is 66.6 Å². The lowest BCUT2D eigenvalue weighted by molar-refractivity contribution is -0.137. The van der Waals surface area contributed by atoms with Gasteiger partial charge in [-0.25, -0.2) is 9.97 Å². The van der Waals surface area contributed by atoms with Crippen molar-refractivity contribution in [2.24, 2.45) is 11.8 Å². The molecule has 14 heteroatoms. The fraction of sp³-hybridized carbons (Fsp3) is 0.543. The molecule has 0 spiro atoms. The molecule has 5 rings (SSSR count). The van der Waals surface area contributed by atoms with Crippen molar-refractivity contribution < 1.29 is 23.6 Å². The molecule has 1 fully saturated rings. The van der Waals surface area contributed by atoms with Crippen LogP contribution in [0.25, 0.3) is 0 Å². The number of nitrogens with one attached hydrogen (secondary N) is 3. The van der Waals surface area contributed by atoms with Crippen LogP contribution in [-0.4, -0.2) is 95.3 Å². The van der Waals surface area contributed by atoms with Gasteiger partial charge in [-0.3, -0.25) is 24.1 Å². The predicted molar refractivity (Wildman–Crippen MR) is 187 cm³/mol. The van der Waals surface area contributed by atoms with Gasteiger partial charge in [0.1, 0.15) is 22.5 Å². The number of rotatable bonds is 5. The van der Waals surface area contributed by atoms with Crippen molar-refractivity contribution in [3.63, 3.8) is 0 Å². The van der Waals surface area contributed by atoms with Crippen molar-refractivity contribution in [3.05, 3.63) is 63.3 Å². The van der Waals surface area contributed by atoms with Crippen LogP contribution in [0.15, 0.2) is 34.1 Å². The van der Waals surface area contributed by atoms with E-state index in [0.29, 0.717) is 23.9 Å². The van der Waals surface area contributed by atoms with Crippen molar-refractivity contribution in [3.8, 4) is 0 Å². The van der Waals surface area contributed by atoms with Gasteiger partial charge in [-0.05, 0) is 50.3 Å². The molecule has 4 heterocycles. The second kappa shape index (κ2) is 15.5. The number of carbonyl (C=O) groups excluding carboxylic acids is 4. The summed E-state index contributed by atoms with van der Waals surface area (Å²) in [5.74, 6) is -1.05. The summed E-state index contributed by atoms with van der Waals surface area (Å²) in [6, 6.07) is 6.80. The zero-order chi connectivity index (χ0) is 35.4. The van der Waals surface area contributed by atoms with E-state index in [4.69, 9.17) is 4.42 Å². The Kier molecular flexibility index (Phi) is 11.4. The topological polar surface area (TPSA) is 153 Å². The number of fused-ring (bicyclic) bond motifs is 4. The van der Waals surface area contributed by atoms with Crippen LogP contribution in [0, 0.1) is 25.7 Å². The van der Waals surface area contributed by atoms with Crippen molar-refractivity contribution in [1.82, 2.24) is 35.7 Å². The summed E-state index contributed by atoms with van der Waals surface area (Å²) < 4.78 is 5.91. The lowest BCUT2D eigenvalue weighted by atomic mass is 10.0. The van der Waals surface area contributed by atoms with Crippen LogP contribution in [0.3, 0.4) is 0 Å². The van der Waals surface area contributed by atoms with Gasteiger partial charge in [0.25, 0.3) is 11.8 Å². The predicted octanol–water partition coefficient (Wildman–Crippen LogP) is 3.47. The second-order valence-corrected chi connectivity index (χ2v) is 14.7. The van der Waals surface area contributed by atoms with Gasteiger partial charge < -0.3 is 30.2 Å². The number of benzene rings is 1. The van der Waals surface area contributed by atoms with Gasteiger partial charge in [0, 0.05) is 49.8 Å². The number of hydrogen-bond acceptors (Lipinski definition) is 10. The smallest absolute Gasteiger partial charge is 0.273 e. The molecule has 0 radical (unpaired) electrons. The van der Waals surface area contributed by atoms with Crippen molar-refractivity contribution in [1.29, 1.82) is 0 Å². The number of thiazole rings is 1. The van der Waals surface area contributed by atoms with Gasteiger partial charge in [-0.15, -0.1) is 11.3 Å². The lowest BCUT2D eigenvalue weighted by Gasteiger charge is -2.37. The van der Waals surface area contributed by atoms with Gasteiger partial charge in [0.15, 0.2) is 5.69 Å². The first kappa shape index (κ1) is 36.0. The third kappa shape index (κ3) is 8.84. The zero-order valence-corrected chi connectivity index (χ0v) is 30.2. The number of aromatic nitrogens is 2. The van der Waals surface area contributed by atoms with E-state index in [9.17, 15) is 19.2 Å². The maximum absolute atomic E-state index is 13.9. The number of aryl methyl sites for hydroxylation is 2. The van der Waals surface area contributed by atoms with E-state index in [1.807, 2.05) is 27.7 Å². The minimum atomic E-state index is -0.610. The highest BCUT2D eigenvalue weighted by Gasteiger charge is 2.31. The maximum Gasteiger partial charge on any atom is 0.273 e. The van der Waals surface area contributed by atoms with E-state index in [2.05, 4.69) is 66.9 Å². The summed E-state index contributed by atoms with van der Waals surface area (Å²) in [5, 5.41) is 11.2. The van der Waals surface area contributed by atoms with Gasteiger partial charge in [-0.1, -0.05) is 39.8 Å². The third-order valence-electron chi connectivity index (χ3n) is 8.91. The Labute approximate surface area is 291 Å². The Bertz CT molecular complexity index is 1660. The summed E-state index contributed by atoms with van der Waals surface area (Å²) in [5.41, 5.74) is 2.68. The number of amides is 4. The Balaban J connectivity index is 1.37. The molecule has 264 valence electrons. The molecular formula is C35H48N8O5S. The molecule has 49 heavy (non-hydrogen) atoms. The van der Waals surface area contributed by atoms with Gasteiger partial charge in [0.05, 0.1) is 19.1 Å². The van der Waals surface area contributed by atoms with Crippen LogP contribution in [0.1, 0.15) is 89.9 Å². The third-order valence-corrected chi connectivity index (χ3v) is 9.84. The van der Waals surface area contributed by atoms with Crippen LogP contribution in [0.5, 0.6) is 0 Å². The minimum absolute atomic E-state index is 0.0409. The van der Waals surface area contributed by atoms with Crippen LogP contribution >= 0.6 is 11.3 Å². The molecule has 1 aromatic carbocycles. The van der Waals surface area contributed by atoms with E-state index in [1.165, 1.54) is 27.5 Å². The Morgan fingerprint density at radius 3 is 2.35 bits per heavy atom. The molecule has 2 aliphatic rings. The average Bonchev–Trinajstić information content (AvgIpc) is 3.69. The molecule has 4 bridgehead atoms. The quantitative estimate of drug-likeness (QED) is 0.365. The molecule has 13 nitrogen and oxygen atoms in total. The molecule has 3 N–H and O–H groups in total. The van der Waals surface area contributed by atoms with E-state index in [1.54, 1.807) is 19.2 Å². The molecule has 0 unspecified atom stereocenters. The fourth-order valence-electron chi connectivity index (χ4n) is 6.13. The summed E-state index contributed by atoms with van der Waals surface area (Å²) in [6.45, 7) is 16.3. The highest BCUT2D eigenvalue weighted by molar-refractivity contribution is 7.09. The Hall–Kier alpha value is -4.30. The SMILES string of the molecule is Cc1cccc(N2CCN(CC(=O)N3CC(=O)N[C@@H](C(C)C)c4nc(cs4)C(=O)N[C@H](C(C)C)c4nc(c(C)o4)C(=O)N[C@H](C)C3)CC2)c1. The first-order valence-electron chi connectivity index (χ1n) is 16.9. The van der Waals surface area contributed by atoms with Crippen LogP contribution in [0.2, 0.25) is 0 Å². The van der Waals surface area contributed by atoms with Crippen LogP contribution < -0.4 is 20.9 Å². The van der Waals surface area contributed by atoms with Gasteiger partial charge in [0.2, 0.25) is 17.7 Å². The summed E-state index contributed by atoms with van der Waals surface area (Å²) in [7, 11) is 0. The number of anilines is 1. The number of piperazine rings is 1. The van der Waals surface area contributed by atoms with Gasteiger partial charge >= 0.3 is 0 Å². The number of oxazole rings is 1. The molecule has 3 aromatic rings. The van der Waals surface area contributed by atoms with E-state index >= 15 is 0 Å². The standard InChI is InChI=1S/C35H48N8O5S/c1-20(2)29-34-40-31(24(7)48-34)33(47)36-23(6)16-43(17-27(44)38-30(21(3)4)35-37-26(19-49-35)32(46)39-29)28(45)18-41-11-13-42(14-12-41)25-10-8-9-22(5)15-25/h8-10,15,19-21,23,29-30H,11-14,16-18H2,1-7H3,(H,36,47)(H,38,44)(H,39,46)/t23-,29-,30+/m1/s1. The van der Waals surface area contributed by atoms with E-state index < -0.39 is 29.9 Å². The normalized spacial score (nSPS) is 21.7. The lowest BCUT2D eigenvalue weighted by Crippen LogP contribution is -2.53. The van der Waals surface area contributed by atoms with Crippen molar-refractivity contribution >= 4 is 40.7 Å². The van der Waals surface area contributed by atoms with Crippen LogP contribution in [-0.2, 0) is 9.59 Å². The zero-order valence-electron chi connectivity index (χ0n) is 29.4. The number of nitrogens with zero attached hydrogens (tertiary/aromatic N) is 5. The Morgan fingerprint density at radius 2 is 1.67 bits per heavy atom. The highest BCUT2D eigenvalue weighted by atomic mass is 32.1. The molecule has 0 aliphatic carbocycles. The molecule has 3 atom stereocenters. The minimum Gasteiger partial charge on any atom is -0.443 e. The van der Waals surface area contributed by atoms with Crippen molar-refractivity contribution in [2.75, 3.05) is 50.7 Å². The molecule has 1 saturated heterocycles. The summed E-state index contributed by atoms with van der Waals surface area (Å²) >= 11 is 1.29. The largest absolute Gasteiger partial charge is 0.443 e. The van der Waals surface area contributed by atoms with Crippen LogP contribution in [0.4, 0.5) is 5.69 Å². The monoisotopic (exact) mass is 692 g/mol. The fourth-order valence-corrected chi connectivity index (χ4v) is 7.15. The number of carbonyl (C=O) groups is 4. The van der Waals surface area contributed by atoms with Gasteiger partial charge in [-0.2, -0.15) is 0 Å². The number of hydrogen-bond donors (Lipinski definition) is 3. The highest BCUT2D eigenvalue weighted by Crippen LogP contribution is 2.28. The molecule has 0 saturated carbocycles. The average molecular weight is 693 g/mol. The maximum atomic E-state index is 13.9. The first-order chi connectivity index (χ1) is 23.3. The molecule has 4 amide bonds.